The summed E-state index contributed by atoms with van der Waals surface area (Å²) < 4.78 is 0. The number of benzene rings is 1. The number of thioether (sulfide) groups is 1. The normalized spacial score (nSPS) is 12.6. The lowest BCUT2D eigenvalue weighted by Gasteiger charge is -2.04. The third-order valence-corrected chi connectivity index (χ3v) is 3.44. The van der Waals surface area contributed by atoms with E-state index in [4.69, 9.17) is 16.7 Å². The van der Waals surface area contributed by atoms with Gasteiger partial charge in [-0.1, -0.05) is 36.4 Å². The van der Waals surface area contributed by atoms with Gasteiger partial charge in [-0.2, -0.15) is 0 Å². The molecule has 1 rings (SSSR count). The van der Waals surface area contributed by atoms with Gasteiger partial charge in [-0.15, -0.1) is 11.8 Å². The van der Waals surface area contributed by atoms with E-state index < -0.39 is 0 Å². The van der Waals surface area contributed by atoms with E-state index in [1.165, 1.54) is 6.08 Å². The summed E-state index contributed by atoms with van der Waals surface area (Å²) in [4.78, 5) is 4.34. The van der Waals surface area contributed by atoms with Crippen molar-refractivity contribution in [3.8, 4) is 0 Å². The number of hydrogen-bond acceptors (Lipinski definition) is 3. The van der Waals surface area contributed by atoms with E-state index in [1.54, 1.807) is 11.8 Å². The minimum Gasteiger partial charge on any atom is -0.509 e. The second-order valence-electron chi connectivity index (χ2n) is 3.79. The number of aliphatic hydroxyl groups excluding tert-OH is 1. The maximum Gasteiger partial charge on any atom is 0.110 e. The molecular weight excluding hydrogens is 266 g/mol. The van der Waals surface area contributed by atoms with E-state index >= 15 is 0 Å². The first-order valence-electron chi connectivity index (χ1n) is 5.46. The summed E-state index contributed by atoms with van der Waals surface area (Å²) in [5.41, 5.74) is 1.82. The fourth-order valence-electron chi connectivity index (χ4n) is 1.35. The average Bonchev–Trinajstić information content (AvgIpc) is 2.26. The van der Waals surface area contributed by atoms with Crippen LogP contribution in [-0.4, -0.2) is 10.2 Å². The minimum absolute atomic E-state index is 0.0140. The van der Waals surface area contributed by atoms with Gasteiger partial charge in [0.25, 0.3) is 0 Å². The van der Waals surface area contributed by atoms with Gasteiger partial charge >= 0.3 is 0 Å². The predicted molar refractivity (Wildman–Crippen MR) is 81.4 cm³/mol. The summed E-state index contributed by atoms with van der Waals surface area (Å²) in [5, 5.41) is 10.7. The summed E-state index contributed by atoms with van der Waals surface area (Å²) in [6, 6.07) is 7.76. The van der Waals surface area contributed by atoms with Crippen LogP contribution in [0.15, 0.2) is 53.4 Å². The predicted octanol–water partition coefficient (Wildman–Crippen LogP) is 4.97. The first-order chi connectivity index (χ1) is 8.49. The van der Waals surface area contributed by atoms with E-state index in [2.05, 4.69) is 11.6 Å². The second kappa shape index (κ2) is 7.29. The molecule has 1 N–H and O–H groups in total. The molecule has 96 valence electrons. The summed E-state index contributed by atoms with van der Waals surface area (Å²) in [5.74, 6) is 0.794. The van der Waals surface area contributed by atoms with Crippen LogP contribution in [0.1, 0.15) is 19.4 Å². The molecule has 0 heterocycles. The Morgan fingerprint density at radius 1 is 1.44 bits per heavy atom. The Morgan fingerprint density at radius 3 is 2.72 bits per heavy atom. The Labute approximate surface area is 117 Å². The van der Waals surface area contributed by atoms with Gasteiger partial charge in [0.2, 0.25) is 0 Å². The largest absolute Gasteiger partial charge is 0.509 e. The number of aliphatic imine (C=N–C) groups is 1. The van der Waals surface area contributed by atoms with Crippen molar-refractivity contribution in [2.24, 2.45) is 4.99 Å². The Bertz CT molecular complexity index is 494. The monoisotopic (exact) mass is 281 g/mol. The van der Waals surface area contributed by atoms with Crippen LogP contribution < -0.4 is 0 Å². The molecule has 0 radical (unpaired) electrons. The van der Waals surface area contributed by atoms with E-state index in [0.717, 1.165) is 27.1 Å². The van der Waals surface area contributed by atoms with Gasteiger partial charge in [0.1, 0.15) is 5.76 Å². The smallest absolute Gasteiger partial charge is 0.110 e. The molecule has 0 spiro atoms. The van der Waals surface area contributed by atoms with E-state index in [0.29, 0.717) is 0 Å². The van der Waals surface area contributed by atoms with Gasteiger partial charge in [0.15, 0.2) is 0 Å². The van der Waals surface area contributed by atoms with Crippen molar-refractivity contribution in [3.63, 3.8) is 0 Å². The molecule has 0 amide bonds. The topological polar surface area (TPSA) is 32.6 Å². The van der Waals surface area contributed by atoms with Crippen molar-refractivity contribution >= 4 is 28.4 Å². The second-order valence-corrected chi connectivity index (χ2v) is 5.36. The highest BCUT2D eigenvalue weighted by atomic mass is 35.5. The number of hydrogen-bond donors (Lipinski definition) is 1. The zero-order valence-corrected chi connectivity index (χ0v) is 12.1. The summed E-state index contributed by atoms with van der Waals surface area (Å²) in [7, 11) is 0. The SMILES string of the molecule is C=C(O)/C=C(/C)N=C(C)SCc1ccccc1Cl. The molecule has 1 aromatic carbocycles. The summed E-state index contributed by atoms with van der Waals surface area (Å²) in [6.45, 7) is 7.14. The lowest BCUT2D eigenvalue weighted by molar-refractivity contribution is 0.434. The molecule has 18 heavy (non-hydrogen) atoms. The first-order valence-corrected chi connectivity index (χ1v) is 6.83. The molecule has 0 aliphatic rings. The van der Waals surface area contributed by atoms with Crippen molar-refractivity contribution in [2.45, 2.75) is 19.6 Å². The van der Waals surface area contributed by atoms with Crippen LogP contribution in [-0.2, 0) is 5.75 Å². The first kappa shape index (κ1) is 14.9. The van der Waals surface area contributed by atoms with Crippen LogP contribution in [0.25, 0.3) is 0 Å². The third kappa shape index (κ3) is 5.43. The number of aliphatic hydroxyl groups is 1. The Hall–Kier alpha value is -1.19. The fourth-order valence-corrected chi connectivity index (χ4v) is 2.46. The molecule has 0 aliphatic heterocycles. The van der Waals surface area contributed by atoms with Crippen molar-refractivity contribution in [2.75, 3.05) is 0 Å². The summed E-state index contributed by atoms with van der Waals surface area (Å²) in [6.07, 6.45) is 1.53. The van der Waals surface area contributed by atoms with Crippen molar-refractivity contribution < 1.29 is 5.11 Å². The summed E-state index contributed by atoms with van der Waals surface area (Å²) >= 11 is 7.69. The van der Waals surface area contributed by atoms with E-state index in [1.807, 2.05) is 38.1 Å². The zero-order valence-electron chi connectivity index (χ0n) is 10.5. The van der Waals surface area contributed by atoms with Crippen LogP contribution in [0.3, 0.4) is 0 Å². The van der Waals surface area contributed by atoms with Gasteiger partial charge in [-0.25, -0.2) is 0 Å². The van der Waals surface area contributed by atoms with Gasteiger partial charge in [0.05, 0.1) is 5.04 Å². The van der Waals surface area contributed by atoms with Gasteiger partial charge in [0, 0.05) is 22.5 Å². The molecular formula is C14H16ClNOS. The molecule has 2 nitrogen and oxygen atoms in total. The highest BCUT2D eigenvalue weighted by molar-refractivity contribution is 8.13. The number of nitrogens with zero attached hydrogens (tertiary/aromatic N) is 1. The maximum atomic E-state index is 9.02. The van der Waals surface area contributed by atoms with E-state index in [-0.39, 0.29) is 5.76 Å². The number of rotatable bonds is 4. The van der Waals surface area contributed by atoms with Crippen LogP contribution in [0.4, 0.5) is 0 Å². The Kier molecular flexibility index (Phi) is 6.02. The zero-order chi connectivity index (χ0) is 13.5. The standard InChI is InChI=1S/C14H16ClNOS/c1-10(8-11(2)17)16-12(3)18-9-13-6-4-5-7-14(13)15/h4-8,17H,2,9H2,1,3H3/b10-8-,16-12?. The van der Waals surface area contributed by atoms with Crippen LogP contribution >= 0.6 is 23.4 Å². The molecule has 0 saturated carbocycles. The Balaban J connectivity index is 2.61. The third-order valence-electron chi connectivity index (χ3n) is 2.10. The quantitative estimate of drug-likeness (QED) is 0.366. The highest BCUT2D eigenvalue weighted by Gasteiger charge is 2.00. The van der Waals surface area contributed by atoms with Crippen molar-refractivity contribution in [1.29, 1.82) is 0 Å². The number of allylic oxidation sites excluding steroid dienone is 2. The molecule has 4 heteroatoms. The molecule has 0 fully saturated rings. The maximum absolute atomic E-state index is 9.02. The molecule has 0 saturated heterocycles. The van der Waals surface area contributed by atoms with Gasteiger partial charge in [-0.05, 0) is 25.5 Å². The molecule has 1 aromatic rings. The van der Waals surface area contributed by atoms with Crippen molar-refractivity contribution in [3.05, 3.63) is 59.0 Å². The molecule has 0 unspecified atom stereocenters. The minimum atomic E-state index is 0.0140. The Morgan fingerprint density at radius 2 is 2.11 bits per heavy atom. The average molecular weight is 282 g/mol. The number of halogens is 1. The van der Waals surface area contributed by atoms with Crippen LogP contribution in [0.5, 0.6) is 0 Å². The van der Waals surface area contributed by atoms with Crippen LogP contribution in [0.2, 0.25) is 5.02 Å². The van der Waals surface area contributed by atoms with E-state index in [9.17, 15) is 0 Å². The van der Waals surface area contributed by atoms with Crippen molar-refractivity contribution in [1.82, 2.24) is 0 Å². The van der Waals surface area contributed by atoms with Crippen LogP contribution in [0, 0.1) is 0 Å². The fraction of sp³-hybridized carbons (Fsp3) is 0.214. The lowest BCUT2D eigenvalue weighted by Crippen LogP contribution is -1.89. The molecule has 0 bridgehead atoms. The molecule has 0 aromatic heterocycles. The molecule has 0 aliphatic carbocycles. The van der Waals surface area contributed by atoms with Gasteiger partial charge < -0.3 is 5.11 Å². The molecule has 0 atom stereocenters. The highest BCUT2D eigenvalue weighted by Crippen LogP contribution is 2.22. The lowest BCUT2D eigenvalue weighted by atomic mass is 10.2. The van der Waals surface area contributed by atoms with Gasteiger partial charge in [-0.3, -0.25) is 4.99 Å².